The van der Waals surface area contributed by atoms with Crippen molar-refractivity contribution in [1.29, 1.82) is 0 Å². The second kappa shape index (κ2) is 5.02. The number of rotatable bonds is 4. The Labute approximate surface area is 103 Å². The minimum absolute atomic E-state index is 0.0171. The van der Waals surface area contributed by atoms with Crippen molar-refractivity contribution >= 4 is 21.9 Å². The minimum Gasteiger partial charge on any atom is -0.462 e. The van der Waals surface area contributed by atoms with E-state index < -0.39 is 6.10 Å². The van der Waals surface area contributed by atoms with Gasteiger partial charge in [0.15, 0.2) is 0 Å². The summed E-state index contributed by atoms with van der Waals surface area (Å²) >= 11 is 3.47. The van der Waals surface area contributed by atoms with Crippen molar-refractivity contribution in [2.75, 3.05) is 13.7 Å². The molecular weight excluding hydrogens is 276 g/mol. The van der Waals surface area contributed by atoms with Gasteiger partial charge in [0, 0.05) is 30.9 Å². The van der Waals surface area contributed by atoms with Gasteiger partial charge in [0.2, 0.25) is 0 Å². The van der Waals surface area contributed by atoms with Gasteiger partial charge in [-0.1, -0.05) is 15.9 Å². The highest BCUT2D eigenvalue weighted by molar-refractivity contribution is 9.09. The molecule has 0 unspecified atom stereocenters. The van der Waals surface area contributed by atoms with Crippen LogP contribution < -0.4 is 0 Å². The standard InChI is InChI=1S/C11H17BrO4/c1-15-4-2-3-6-9-8(16-11(6)14)5-7(13)10(9)12/h6-10,13H,2-5H2,1H3/t6-,7-,8+,9+,10+/m1/s1. The van der Waals surface area contributed by atoms with E-state index in [0.717, 1.165) is 12.8 Å². The van der Waals surface area contributed by atoms with Gasteiger partial charge >= 0.3 is 5.97 Å². The third-order valence-electron chi connectivity index (χ3n) is 3.54. The molecule has 0 bridgehead atoms. The Kier molecular flexibility index (Phi) is 3.87. The maximum absolute atomic E-state index is 11.7. The second-order valence-electron chi connectivity index (χ2n) is 4.54. The zero-order chi connectivity index (χ0) is 11.7. The molecule has 0 amide bonds. The van der Waals surface area contributed by atoms with E-state index in [9.17, 15) is 9.90 Å². The van der Waals surface area contributed by atoms with Crippen molar-refractivity contribution < 1.29 is 19.4 Å². The summed E-state index contributed by atoms with van der Waals surface area (Å²) < 4.78 is 10.3. The second-order valence-corrected chi connectivity index (χ2v) is 5.60. The summed E-state index contributed by atoms with van der Waals surface area (Å²) in [5, 5.41) is 9.72. The van der Waals surface area contributed by atoms with Crippen LogP contribution in [0.25, 0.3) is 0 Å². The van der Waals surface area contributed by atoms with E-state index in [1.807, 2.05) is 0 Å². The lowest BCUT2D eigenvalue weighted by Gasteiger charge is -2.18. The van der Waals surface area contributed by atoms with Crippen LogP contribution in [0.4, 0.5) is 0 Å². The number of halogens is 1. The molecule has 0 radical (unpaired) electrons. The fourth-order valence-electron chi connectivity index (χ4n) is 2.75. The molecule has 2 rings (SSSR count). The molecule has 1 aliphatic carbocycles. The van der Waals surface area contributed by atoms with Crippen LogP contribution in [0.3, 0.4) is 0 Å². The van der Waals surface area contributed by atoms with Gasteiger partial charge in [0.25, 0.3) is 0 Å². The van der Waals surface area contributed by atoms with Crippen LogP contribution >= 0.6 is 15.9 Å². The molecule has 0 aromatic heterocycles. The Hall–Kier alpha value is -0.130. The zero-order valence-electron chi connectivity index (χ0n) is 9.27. The van der Waals surface area contributed by atoms with Crippen LogP contribution in [0.15, 0.2) is 0 Å². The van der Waals surface area contributed by atoms with Crippen LogP contribution in [0, 0.1) is 11.8 Å². The first-order chi connectivity index (χ1) is 7.65. The summed E-state index contributed by atoms with van der Waals surface area (Å²) in [5.74, 6) is -0.0662. The lowest BCUT2D eigenvalue weighted by atomic mass is 9.88. The fraction of sp³-hybridized carbons (Fsp3) is 0.909. The minimum atomic E-state index is -0.395. The molecule has 5 atom stereocenters. The molecule has 4 nitrogen and oxygen atoms in total. The smallest absolute Gasteiger partial charge is 0.309 e. The topological polar surface area (TPSA) is 55.8 Å². The number of fused-ring (bicyclic) bond motifs is 1. The van der Waals surface area contributed by atoms with E-state index in [1.165, 1.54) is 0 Å². The van der Waals surface area contributed by atoms with Gasteiger partial charge in [-0.05, 0) is 12.8 Å². The van der Waals surface area contributed by atoms with Crippen LogP contribution in [0.2, 0.25) is 0 Å². The van der Waals surface area contributed by atoms with Gasteiger partial charge in [-0.3, -0.25) is 4.79 Å². The van der Waals surface area contributed by atoms with E-state index >= 15 is 0 Å². The normalized spacial score (nSPS) is 42.2. The first-order valence-corrected chi connectivity index (χ1v) is 6.58. The van der Waals surface area contributed by atoms with Crippen molar-refractivity contribution in [1.82, 2.24) is 0 Å². The molecule has 1 saturated carbocycles. The average Bonchev–Trinajstić information content (AvgIpc) is 2.67. The third-order valence-corrected chi connectivity index (χ3v) is 4.76. The number of aliphatic hydroxyl groups excluding tert-OH is 1. The maximum atomic E-state index is 11.7. The Bertz CT molecular complexity index is 271. The molecule has 92 valence electrons. The molecule has 5 heteroatoms. The SMILES string of the molecule is COCCC[C@H]1C(=O)O[C@H]2C[C@@H](O)[C@H](Br)[C@H]21. The number of carbonyl (C=O) groups is 1. The molecule has 2 aliphatic rings. The molecule has 1 N–H and O–H groups in total. The summed E-state index contributed by atoms with van der Waals surface area (Å²) in [7, 11) is 1.66. The molecule has 16 heavy (non-hydrogen) atoms. The highest BCUT2D eigenvalue weighted by Crippen LogP contribution is 2.45. The van der Waals surface area contributed by atoms with E-state index in [-0.39, 0.29) is 28.7 Å². The Morgan fingerprint density at radius 2 is 2.38 bits per heavy atom. The number of carbonyl (C=O) groups excluding carboxylic acids is 1. The quantitative estimate of drug-likeness (QED) is 0.479. The lowest BCUT2D eigenvalue weighted by Crippen LogP contribution is -2.27. The van der Waals surface area contributed by atoms with Crippen LogP contribution in [0.1, 0.15) is 19.3 Å². The number of methoxy groups -OCH3 is 1. The predicted octanol–water partition coefficient (Wildman–Crippen LogP) is 1.10. The van der Waals surface area contributed by atoms with Gasteiger partial charge in [-0.2, -0.15) is 0 Å². The van der Waals surface area contributed by atoms with E-state index in [2.05, 4.69) is 15.9 Å². The molecule has 1 saturated heterocycles. The summed E-state index contributed by atoms with van der Waals surface area (Å²) in [5.41, 5.74) is 0. The summed E-state index contributed by atoms with van der Waals surface area (Å²) in [6, 6.07) is 0. The molecule has 0 aromatic carbocycles. The van der Waals surface area contributed by atoms with Crippen LogP contribution in [-0.4, -0.2) is 41.8 Å². The number of ether oxygens (including phenoxy) is 2. The lowest BCUT2D eigenvalue weighted by molar-refractivity contribution is -0.145. The van der Waals surface area contributed by atoms with Crippen molar-refractivity contribution in [3.8, 4) is 0 Å². The van der Waals surface area contributed by atoms with Crippen molar-refractivity contribution in [3.05, 3.63) is 0 Å². The largest absolute Gasteiger partial charge is 0.462 e. The van der Waals surface area contributed by atoms with Crippen molar-refractivity contribution in [3.63, 3.8) is 0 Å². The monoisotopic (exact) mass is 292 g/mol. The summed E-state index contributed by atoms with van der Waals surface area (Å²) in [4.78, 5) is 11.7. The number of alkyl halides is 1. The van der Waals surface area contributed by atoms with Crippen molar-refractivity contribution in [2.45, 2.75) is 36.3 Å². The number of esters is 1. The molecular formula is C11H17BrO4. The fourth-order valence-corrected chi connectivity index (χ4v) is 3.67. The first kappa shape index (κ1) is 12.3. The average molecular weight is 293 g/mol. The van der Waals surface area contributed by atoms with Gasteiger partial charge in [-0.15, -0.1) is 0 Å². The molecule has 0 spiro atoms. The Morgan fingerprint density at radius 3 is 3.06 bits per heavy atom. The maximum Gasteiger partial charge on any atom is 0.309 e. The van der Waals surface area contributed by atoms with Gasteiger partial charge in [0.05, 0.1) is 12.0 Å². The van der Waals surface area contributed by atoms with Crippen LogP contribution in [-0.2, 0) is 14.3 Å². The first-order valence-electron chi connectivity index (χ1n) is 5.66. The van der Waals surface area contributed by atoms with Gasteiger partial charge in [0.1, 0.15) is 6.10 Å². The van der Waals surface area contributed by atoms with E-state index in [4.69, 9.17) is 9.47 Å². The van der Waals surface area contributed by atoms with Gasteiger partial charge in [-0.25, -0.2) is 0 Å². The Balaban J connectivity index is 1.98. The van der Waals surface area contributed by atoms with Crippen LogP contribution in [0.5, 0.6) is 0 Å². The third kappa shape index (κ3) is 2.13. The van der Waals surface area contributed by atoms with E-state index in [1.54, 1.807) is 7.11 Å². The van der Waals surface area contributed by atoms with Gasteiger partial charge < -0.3 is 14.6 Å². The van der Waals surface area contributed by atoms with E-state index in [0.29, 0.717) is 13.0 Å². The number of hydrogen-bond donors (Lipinski definition) is 1. The highest BCUT2D eigenvalue weighted by Gasteiger charge is 2.54. The van der Waals surface area contributed by atoms with Crippen molar-refractivity contribution in [2.24, 2.45) is 11.8 Å². The predicted molar refractivity (Wildman–Crippen MR) is 61.3 cm³/mol. The molecule has 1 aliphatic heterocycles. The molecule has 0 aromatic rings. The zero-order valence-corrected chi connectivity index (χ0v) is 10.9. The summed E-state index contributed by atoms with van der Waals surface area (Å²) in [6.07, 6.45) is 1.71. The highest BCUT2D eigenvalue weighted by atomic mass is 79.9. The molecule has 1 heterocycles. The Morgan fingerprint density at radius 1 is 1.62 bits per heavy atom. The summed E-state index contributed by atoms with van der Waals surface area (Å²) in [6.45, 7) is 0.663. The number of aliphatic hydroxyl groups is 1. The molecule has 2 fully saturated rings. The number of hydrogen-bond acceptors (Lipinski definition) is 4.